The summed E-state index contributed by atoms with van der Waals surface area (Å²) in [5.41, 5.74) is 8.40. The fraction of sp³-hybridized carbons (Fsp3) is 0. The summed E-state index contributed by atoms with van der Waals surface area (Å²) in [4.78, 5) is 0. The van der Waals surface area contributed by atoms with Gasteiger partial charge in [-0.2, -0.15) is 0 Å². The highest BCUT2D eigenvalue weighted by Gasteiger charge is 2.19. The predicted octanol–water partition coefficient (Wildman–Crippen LogP) is 13.5. The predicted molar refractivity (Wildman–Crippen MR) is 200 cm³/mol. The monoisotopic (exact) mass is 616 g/mol. The number of rotatable bonds is 2. The Bertz CT molecular complexity index is 3020. The third-order valence-electron chi connectivity index (χ3n) is 9.85. The van der Waals surface area contributed by atoms with E-state index in [1.54, 1.807) is 0 Å². The summed E-state index contributed by atoms with van der Waals surface area (Å²) >= 11 is 1.86. The zero-order valence-electron chi connectivity index (χ0n) is 25.1. The van der Waals surface area contributed by atoms with Gasteiger partial charge in [-0.25, -0.2) is 0 Å². The molecular formula is C44H24O2S. The van der Waals surface area contributed by atoms with Crippen LogP contribution in [0.1, 0.15) is 0 Å². The molecule has 0 unspecified atom stereocenters. The Labute approximate surface area is 272 Å². The molecule has 0 saturated carbocycles. The first-order chi connectivity index (χ1) is 23.3. The molecule has 2 nitrogen and oxygen atoms in total. The normalized spacial score (nSPS) is 12.3. The van der Waals surface area contributed by atoms with Crippen LogP contribution in [0, 0.1) is 0 Å². The van der Waals surface area contributed by atoms with E-state index < -0.39 is 0 Å². The third kappa shape index (κ3) is 3.55. The van der Waals surface area contributed by atoms with Crippen molar-refractivity contribution in [3.05, 3.63) is 146 Å². The molecule has 0 atom stereocenters. The van der Waals surface area contributed by atoms with Gasteiger partial charge in [-0.3, -0.25) is 0 Å². The van der Waals surface area contributed by atoms with Gasteiger partial charge >= 0.3 is 0 Å². The van der Waals surface area contributed by atoms with Crippen molar-refractivity contribution in [2.75, 3.05) is 0 Å². The van der Waals surface area contributed by atoms with Gasteiger partial charge < -0.3 is 8.83 Å². The Balaban J connectivity index is 1.19. The average molecular weight is 617 g/mol. The van der Waals surface area contributed by atoms with E-state index in [2.05, 4.69) is 127 Å². The van der Waals surface area contributed by atoms with Gasteiger partial charge in [0.05, 0.1) is 0 Å². The van der Waals surface area contributed by atoms with Crippen molar-refractivity contribution in [1.29, 1.82) is 0 Å². The van der Waals surface area contributed by atoms with Crippen LogP contribution < -0.4 is 0 Å². The van der Waals surface area contributed by atoms with Crippen molar-refractivity contribution in [2.24, 2.45) is 0 Å². The molecule has 3 aromatic heterocycles. The van der Waals surface area contributed by atoms with Crippen molar-refractivity contribution in [2.45, 2.75) is 0 Å². The first-order valence-corrected chi connectivity index (χ1v) is 16.7. The molecule has 0 fully saturated rings. The van der Waals surface area contributed by atoms with Gasteiger partial charge in [-0.1, -0.05) is 97.1 Å². The molecule has 0 saturated heterocycles. The van der Waals surface area contributed by atoms with Crippen LogP contribution in [-0.4, -0.2) is 0 Å². The van der Waals surface area contributed by atoms with E-state index in [4.69, 9.17) is 8.83 Å². The molecule has 0 amide bonds. The number of thiophene rings is 1. The van der Waals surface area contributed by atoms with Crippen molar-refractivity contribution < 1.29 is 8.83 Å². The molecular weight excluding hydrogens is 593 g/mol. The summed E-state index contributed by atoms with van der Waals surface area (Å²) in [7, 11) is 0. The molecule has 3 heteroatoms. The maximum atomic E-state index is 6.40. The summed E-state index contributed by atoms with van der Waals surface area (Å²) in [6.45, 7) is 0. The number of fused-ring (bicyclic) bond motifs is 11. The minimum absolute atomic E-state index is 0.838. The number of benzene rings is 8. The van der Waals surface area contributed by atoms with Crippen LogP contribution in [0.15, 0.2) is 154 Å². The number of hydrogen-bond donors (Lipinski definition) is 0. The topological polar surface area (TPSA) is 26.3 Å². The summed E-state index contributed by atoms with van der Waals surface area (Å²) in [5, 5.41) is 12.1. The van der Waals surface area contributed by atoms with E-state index in [0.29, 0.717) is 0 Å². The van der Waals surface area contributed by atoms with Gasteiger partial charge in [-0.15, -0.1) is 11.3 Å². The van der Waals surface area contributed by atoms with Gasteiger partial charge in [0.15, 0.2) is 0 Å². The van der Waals surface area contributed by atoms with Crippen LogP contribution in [0.25, 0.3) is 108 Å². The lowest BCUT2D eigenvalue weighted by atomic mass is 9.85. The quantitative estimate of drug-likeness (QED) is 0.181. The zero-order valence-corrected chi connectivity index (χ0v) is 25.9. The van der Waals surface area contributed by atoms with Crippen LogP contribution >= 0.6 is 11.3 Å². The lowest BCUT2D eigenvalue weighted by molar-refractivity contribution is 0.656. The lowest BCUT2D eigenvalue weighted by Gasteiger charge is -2.18. The van der Waals surface area contributed by atoms with E-state index in [0.717, 1.165) is 43.9 Å². The Morgan fingerprint density at radius 3 is 1.45 bits per heavy atom. The molecule has 0 aliphatic carbocycles. The van der Waals surface area contributed by atoms with Gasteiger partial charge in [0.1, 0.15) is 22.3 Å². The Morgan fingerprint density at radius 2 is 0.766 bits per heavy atom. The highest BCUT2D eigenvalue weighted by atomic mass is 32.1. The van der Waals surface area contributed by atoms with Gasteiger partial charge in [0.25, 0.3) is 0 Å². The van der Waals surface area contributed by atoms with Crippen LogP contribution in [0.3, 0.4) is 0 Å². The second-order valence-corrected chi connectivity index (χ2v) is 13.5. The first kappa shape index (κ1) is 25.3. The molecule has 8 aromatic carbocycles. The maximum Gasteiger partial charge on any atom is 0.139 e. The van der Waals surface area contributed by atoms with Crippen molar-refractivity contribution in [3.63, 3.8) is 0 Å². The molecule has 11 rings (SSSR count). The fourth-order valence-corrected chi connectivity index (χ4v) is 8.87. The van der Waals surface area contributed by atoms with Gasteiger partial charge in [-0.05, 0) is 86.3 Å². The molecule has 218 valence electrons. The van der Waals surface area contributed by atoms with Crippen LogP contribution in [0.5, 0.6) is 0 Å². The molecule has 3 heterocycles. The second-order valence-electron chi connectivity index (χ2n) is 12.4. The van der Waals surface area contributed by atoms with Gasteiger partial charge in [0.2, 0.25) is 0 Å². The highest BCUT2D eigenvalue weighted by molar-refractivity contribution is 7.25. The molecule has 0 aliphatic rings. The van der Waals surface area contributed by atoms with E-state index in [-0.39, 0.29) is 0 Å². The third-order valence-corrected chi connectivity index (χ3v) is 11.0. The van der Waals surface area contributed by atoms with E-state index in [9.17, 15) is 0 Å². The van der Waals surface area contributed by atoms with E-state index >= 15 is 0 Å². The van der Waals surface area contributed by atoms with E-state index in [1.807, 2.05) is 29.5 Å². The maximum absolute atomic E-state index is 6.40. The highest BCUT2D eigenvalue weighted by Crippen LogP contribution is 2.46. The second kappa shape index (κ2) is 9.32. The molecule has 0 spiro atoms. The summed E-state index contributed by atoms with van der Waals surface area (Å²) in [5.74, 6) is 0. The van der Waals surface area contributed by atoms with Crippen LogP contribution in [-0.2, 0) is 0 Å². The summed E-state index contributed by atoms with van der Waals surface area (Å²) < 4.78 is 15.2. The average Bonchev–Trinajstić information content (AvgIpc) is 3.79. The zero-order chi connectivity index (χ0) is 30.6. The molecule has 0 radical (unpaired) electrons. The molecule has 11 aromatic rings. The van der Waals surface area contributed by atoms with Crippen LogP contribution in [0.2, 0.25) is 0 Å². The largest absolute Gasteiger partial charge is 0.456 e. The van der Waals surface area contributed by atoms with E-state index in [1.165, 1.54) is 64.0 Å². The Morgan fingerprint density at radius 1 is 0.298 bits per heavy atom. The van der Waals surface area contributed by atoms with Crippen molar-refractivity contribution in [3.8, 4) is 22.3 Å². The Kier molecular flexibility index (Phi) is 5.02. The van der Waals surface area contributed by atoms with Gasteiger partial charge in [0, 0.05) is 47.8 Å². The fourth-order valence-electron chi connectivity index (χ4n) is 7.78. The number of hydrogen-bond acceptors (Lipinski definition) is 3. The minimum atomic E-state index is 0.838. The Hall–Kier alpha value is -5.90. The summed E-state index contributed by atoms with van der Waals surface area (Å²) in [6, 6.07) is 52.6. The smallest absolute Gasteiger partial charge is 0.139 e. The first-order valence-electron chi connectivity index (χ1n) is 15.9. The lowest BCUT2D eigenvalue weighted by Crippen LogP contribution is -1.90. The van der Waals surface area contributed by atoms with Crippen molar-refractivity contribution >= 4 is 96.9 Å². The van der Waals surface area contributed by atoms with Crippen LogP contribution in [0.4, 0.5) is 0 Å². The number of para-hydroxylation sites is 1. The SMILES string of the molecule is c1ccc2c(c1)oc1cc3oc4ccc(-c5c6ccccc6c(-c6ccc7sc8ccccc8c7c6)c6ccccc56)cc4c3cc12. The van der Waals surface area contributed by atoms with Crippen molar-refractivity contribution in [1.82, 2.24) is 0 Å². The summed E-state index contributed by atoms with van der Waals surface area (Å²) in [6.07, 6.45) is 0. The standard InChI is InChI=1S/C44H24O2S/c1-3-13-31-29(11-1)43(25-17-19-38-33(21-25)35-23-34-27-9-5-7-15-37(27)45-39(34)24-40(35)46-38)30-12-2-4-14-32(30)44(31)26-18-20-42-36(22-26)28-10-6-8-16-41(28)47-42/h1-24H. The molecule has 0 N–H and O–H groups in total. The molecule has 0 bridgehead atoms. The molecule has 0 aliphatic heterocycles. The minimum Gasteiger partial charge on any atom is -0.456 e. The number of furan rings is 2. The molecule has 47 heavy (non-hydrogen) atoms.